The van der Waals surface area contributed by atoms with Crippen molar-refractivity contribution in [3.8, 4) is 5.75 Å². The number of rotatable bonds is 5. The largest absolute Gasteiger partial charge is 0.497 e. The number of amides is 1. The van der Waals surface area contributed by atoms with Gasteiger partial charge in [-0.05, 0) is 55.1 Å². The number of thiocarbonyl (C=S) groups is 1. The zero-order chi connectivity index (χ0) is 25.9. The van der Waals surface area contributed by atoms with Gasteiger partial charge >= 0.3 is 5.97 Å². The van der Waals surface area contributed by atoms with Crippen LogP contribution in [0.25, 0.3) is 0 Å². The molecule has 0 aromatic heterocycles. The summed E-state index contributed by atoms with van der Waals surface area (Å²) in [5.41, 5.74) is 0.613. The Morgan fingerprint density at radius 2 is 1.69 bits per heavy atom. The third-order valence-electron chi connectivity index (χ3n) is 6.95. The van der Waals surface area contributed by atoms with Crippen molar-refractivity contribution in [1.82, 2.24) is 9.80 Å². The summed E-state index contributed by atoms with van der Waals surface area (Å²) in [6.45, 7) is 2.65. The SMILES string of the molecule is COC(=O)c1cc(C(=O)N2CCC3(CCN(C(=S)Nc4cccc(OC)c4)CC3)C2)cc([N+](=O)[O-])c1. The van der Waals surface area contributed by atoms with Crippen molar-refractivity contribution in [1.29, 1.82) is 0 Å². The van der Waals surface area contributed by atoms with Crippen LogP contribution in [0.2, 0.25) is 0 Å². The predicted molar refractivity (Wildman–Crippen MR) is 137 cm³/mol. The Labute approximate surface area is 214 Å². The average molecular weight is 513 g/mol. The lowest BCUT2D eigenvalue weighted by Crippen LogP contribution is -2.46. The summed E-state index contributed by atoms with van der Waals surface area (Å²) in [5, 5.41) is 15.3. The number of methoxy groups -OCH3 is 2. The zero-order valence-corrected chi connectivity index (χ0v) is 21.0. The van der Waals surface area contributed by atoms with E-state index in [1.165, 1.54) is 19.2 Å². The number of hydrogen-bond donors (Lipinski definition) is 1. The highest BCUT2D eigenvalue weighted by Crippen LogP contribution is 2.41. The highest BCUT2D eigenvalue weighted by Gasteiger charge is 2.42. The van der Waals surface area contributed by atoms with Crippen molar-refractivity contribution in [3.63, 3.8) is 0 Å². The molecule has 2 aliphatic heterocycles. The number of ether oxygens (including phenoxy) is 2. The van der Waals surface area contributed by atoms with Gasteiger partial charge in [0.2, 0.25) is 0 Å². The van der Waals surface area contributed by atoms with Gasteiger partial charge in [0, 0.05) is 55.6 Å². The van der Waals surface area contributed by atoms with Crippen molar-refractivity contribution in [3.05, 3.63) is 63.7 Å². The third kappa shape index (κ3) is 5.40. The number of carbonyl (C=O) groups excluding carboxylic acids is 2. The molecule has 2 aliphatic rings. The summed E-state index contributed by atoms with van der Waals surface area (Å²) in [6.07, 6.45) is 2.60. The first-order chi connectivity index (χ1) is 17.2. The Balaban J connectivity index is 1.39. The number of esters is 1. The van der Waals surface area contributed by atoms with Gasteiger partial charge in [0.1, 0.15) is 5.75 Å². The first-order valence-electron chi connectivity index (χ1n) is 11.6. The number of hydrogen-bond acceptors (Lipinski definition) is 7. The second-order valence-electron chi connectivity index (χ2n) is 9.14. The Morgan fingerprint density at radius 3 is 2.33 bits per heavy atom. The molecule has 0 radical (unpaired) electrons. The quantitative estimate of drug-likeness (QED) is 0.277. The summed E-state index contributed by atoms with van der Waals surface area (Å²) < 4.78 is 9.95. The lowest BCUT2D eigenvalue weighted by molar-refractivity contribution is -0.384. The molecule has 1 N–H and O–H groups in total. The molecule has 1 amide bonds. The van der Waals surface area contributed by atoms with Crippen LogP contribution in [0.3, 0.4) is 0 Å². The first-order valence-corrected chi connectivity index (χ1v) is 12.0. The maximum atomic E-state index is 13.2. The second kappa shape index (κ2) is 10.5. The van der Waals surface area contributed by atoms with Gasteiger partial charge in [0.15, 0.2) is 5.11 Å². The van der Waals surface area contributed by atoms with E-state index in [0.717, 1.165) is 49.9 Å². The van der Waals surface area contributed by atoms with Crippen LogP contribution in [0, 0.1) is 15.5 Å². The molecule has 4 rings (SSSR count). The predicted octanol–water partition coefficient (Wildman–Crippen LogP) is 3.72. The minimum absolute atomic E-state index is 0.0192. The van der Waals surface area contributed by atoms with E-state index < -0.39 is 10.9 Å². The van der Waals surface area contributed by atoms with E-state index in [0.29, 0.717) is 18.2 Å². The summed E-state index contributed by atoms with van der Waals surface area (Å²) in [6, 6.07) is 11.3. The van der Waals surface area contributed by atoms with E-state index in [2.05, 4.69) is 15.0 Å². The minimum atomic E-state index is -0.725. The highest BCUT2D eigenvalue weighted by molar-refractivity contribution is 7.80. The molecule has 0 atom stereocenters. The molecule has 2 saturated heterocycles. The molecular weight excluding hydrogens is 484 g/mol. The van der Waals surface area contributed by atoms with Gasteiger partial charge in [-0.15, -0.1) is 0 Å². The molecule has 2 fully saturated rings. The van der Waals surface area contributed by atoms with Crippen molar-refractivity contribution >= 4 is 40.6 Å². The van der Waals surface area contributed by atoms with Gasteiger partial charge < -0.3 is 24.6 Å². The normalized spacial score (nSPS) is 16.5. The van der Waals surface area contributed by atoms with Crippen molar-refractivity contribution < 1.29 is 24.0 Å². The Bertz CT molecular complexity index is 1190. The van der Waals surface area contributed by atoms with E-state index in [1.807, 2.05) is 24.3 Å². The van der Waals surface area contributed by atoms with Crippen LogP contribution in [-0.2, 0) is 4.74 Å². The van der Waals surface area contributed by atoms with Gasteiger partial charge in [0.25, 0.3) is 11.6 Å². The fourth-order valence-electron chi connectivity index (χ4n) is 4.86. The molecule has 11 heteroatoms. The topological polar surface area (TPSA) is 114 Å². The van der Waals surface area contributed by atoms with E-state index in [-0.39, 0.29) is 28.1 Å². The molecule has 2 aromatic carbocycles. The van der Waals surface area contributed by atoms with E-state index in [9.17, 15) is 19.7 Å². The van der Waals surface area contributed by atoms with Crippen LogP contribution < -0.4 is 10.1 Å². The van der Waals surface area contributed by atoms with Crippen molar-refractivity contribution in [2.75, 3.05) is 45.7 Å². The van der Waals surface area contributed by atoms with Crippen molar-refractivity contribution in [2.24, 2.45) is 5.41 Å². The molecular formula is C25H28N4O6S. The number of anilines is 1. The van der Waals surface area contributed by atoms with Crippen LogP contribution in [0.1, 0.15) is 40.0 Å². The zero-order valence-electron chi connectivity index (χ0n) is 20.2. The second-order valence-corrected chi connectivity index (χ2v) is 9.53. The van der Waals surface area contributed by atoms with Crippen LogP contribution in [0.15, 0.2) is 42.5 Å². The van der Waals surface area contributed by atoms with Crippen LogP contribution in [-0.4, -0.2) is 72.1 Å². The summed E-state index contributed by atoms with van der Waals surface area (Å²) in [4.78, 5) is 39.8. The molecule has 0 aliphatic carbocycles. The fraction of sp³-hybridized carbons (Fsp3) is 0.400. The van der Waals surface area contributed by atoms with Gasteiger partial charge in [-0.2, -0.15) is 0 Å². The maximum absolute atomic E-state index is 13.2. The number of non-ortho nitro benzene ring substituents is 1. The lowest BCUT2D eigenvalue weighted by Gasteiger charge is -2.40. The van der Waals surface area contributed by atoms with E-state index in [4.69, 9.17) is 17.0 Å². The number of nitro groups is 1. The molecule has 190 valence electrons. The number of piperidine rings is 1. The number of benzene rings is 2. The Kier molecular flexibility index (Phi) is 7.39. The molecule has 2 aromatic rings. The van der Waals surface area contributed by atoms with Gasteiger partial charge in [-0.3, -0.25) is 14.9 Å². The lowest BCUT2D eigenvalue weighted by atomic mass is 9.78. The Hall–Kier alpha value is -3.73. The van der Waals surface area contributed by atoms with Gasteiger partial charge in [-0.1, -0.05) is 6.07 Å². The molecule has 0 bridgehead atoms. The van der Waals surface area contributed by atoms with Crippen LogP contribution >= 0.6 is 12.2 Å². The Morgan fingerprint density at radius 1 is 1.03 bits per heavy atom. The monoisotopic (exact) mass is 512 g/mol. The van der Waals surface area contributed by atoms with Crippen LogP contribution in [0.5, 0.6) is 5.75 Å². The molecule has 2 heterocycles. The number of likely N-dealkylation sites (tertiary alicyclic amines) is 2. The number of nitro benzene ring substituents is 1. The third-order valence-corrected chi connectivity index (χ3v) is 7.31. The minimum Gasteiger partial charge on any atom is -0.497 e. The summed E-state index contributed by atoms with van der Waals surface area (Å²) >= 11 is 5.62. The van der Waals surface area contributed by atoms with Gasteiger partial charge in [0.05, 0.1) is 24.7 Å². The molecule has 10 nitrogen and oxygen atoms in total. The molecule has 0 unspecified atom stereocenters. The molecule has 1 spiro atoms. The van der Waals surface area contributed by atoms with Crippen molar-refractivity contribution in [2.45, 2.75) is 19.3 Å². The van der Waals surface area contributed by atoms with E-state index >= 15 is 0 Å². The summed E-state index contributed by atoms with van der Waals surface area (Å²) in [7, 11) is 2.81. The number of nitrogens with zero attached hydrogens (tertiary/aromatic N) is 3. The summed E-state index contributed by atoms with van der Waals surface area (Å²) in [5.74, 6) is -0.298. The molecule has 0 saturated carbocycles. The average Bonchev–Trinajstić information content (AvgIpc) is 3.31. The maximum Gasteiger partial charge on any atom is 0.338 e. The van der Waals surface area contributed by atoms with Crippen LogP contribution in [0.4, 0.5) is 11.4 Å². The van der Waals surface area contributed by atoms with Gasteiger partial charge in [-0.25, -0.2) is 4.79 Å². The fourth-order valence-corrected chi connectivity index (χ4v) is 5.16. The standard InChI is InChI=1S/C25H28N4O6S/c1-34-21-5-3-4-19(15-21)26-24(36)27-9-6-25(7-10-27)8-11-28(16-25)22(30)17-12-18(23(31)35-2)14-20(13-17)29(32)33/h3-5,12-15H,6-11,16H2,1-2H3,(H,26,36). The number of carbonyl (C=O) groups is 2. The smallest absolute Gasteiger partial charge is 0.338 e. The highest BCUT2D eigenvalue weighted by atomic mass is 32.1. The molecule has 36 heavy (non-hydrogen) atoms. The van der Waals surface area contributed by atoms with E-state index in [1.54, 1.807) is 12.0 Å². The first kappa shape index (κ1) is 25.4. The number of nitrogens with one attached hydrogen (secondary N) is 1.